The Labute approximate surface area is 145 Å². The van der Waals surface area contributed by atoms with Crippen molar-refractivity contribution in [1.82, 2.24) is 0 Å². The maximum absolute atomic E-state index is 5.97. The molecule has 7 heteroatoms. The van der Waals surface area contributed by atoms with Crippen molar-refractivity contribution in [3.8, 4) is 11.5 Å². The van der Waals surface area contributed by atoms with Crippen LogP contribution in [0.4, 0.5) is 0 Å². The first-order valence-corrected chi connectivity index (χ1v) is 7.70. The van der Waals surface area contributed by atoms with Crippen molar-refractivity contribution in [1.29, 1.82) is 0 Å². The molecule has 2 rings (SSSR count). The van der Waals surface area contributed by atoms with E-state index in [1.807, 2.05) is 12.1 Å². The Bertz CT molecular complexity index is 652. The molecule has 2 aromatic carbocycles. The third kappa shape index (κ3) is 5.48. The maximum atomic E-state index is 5.97. The van der Waals surface area contributed by atoms with E-state index in [9.17, 15) is 0 Å². The molecule has 120 valence electrons. The van der Waals surface area contributed by atoms with Crippen LogP contribution in [0.5, 0.6) is 11.5 Å². The van der Waals surface area contributed by atoms with Crippen LogP contribution < -0.4 is 15.0 Å². The normalized spacial score (nSPS) is 10.2. The fraction of sp³-hybridized carbons (Fsp3) is 0.125. The minimum atomic E-state index is -0.953. The zero-order valence-corrected chi connectivity index (χ0v) is 13.9. The zero-order valence-electron chi connectivity index (χ0n) is 12.4. The summed E-state index contributed by atoms with van der Waals surface area (Å²) < 4.78 is 16.8. The number of nitrogens with two attached hydrogens (primary N) is 1. The van der Waals surface area contributed by atoms with Crippen molar-refractivity contribution in [3.05, 3.63) is 64.7 Å². The van der Waals surface area contributed by atoms with Crippen LogP contribution in [0.1, 0.15) is 5.56 Å². The minimum Gasteiger partial charge on any atom is -0.501 e. The van der Waals surface area contributed by atoms with Crippen LogP contribution in [0.15, 0.2) is 49.0 Å². The Kier molecular flexibility index (Phi) is 6.80. The van der Waals surface area contributed by atoms with Gasteiger partial charge in [-0.3, -0.25) is 0 Å². The molecular weight excluding hydrogens is 336 g/mol. The summed E-state index contributed by atoms with van der Waals surface area (Å²) in [6.07, 6.45) is 1.75. The second kappa shape index (κ2) is 8.84. The van der Waals surface area contributed by atoms with Crippen molar-refractivity contribution < 1.29 is 14.0 Å². The lowest BCUT2D eigenvalue weighted by atomic mass is 10.1. The van der Waals surface area contributed by atoms with Gasteiger partial charge in [0.1, 0.15) is 11.5 Å². The second-order valence-corrected chi connectivity index (χ2v) is 5.35. The number of benzene rings is 2. The summed E-state index contributed by atoms with van der Waals surface area (Å²) >= 11 is 11.9. The molecule has 0 aromatic heterocycles. The van der Waals surface area contributed by atoms with Crippen molar-refractivity contribution in [2.45, 2.75) is 0 Å². The Morgan fingerprint density at radius 3 is 2.26 bits per heavy atom. The molecule has 0 radical (unpaired) electrons. The average molecular weight is 352 g/mol. The summed E-state index contributed by atoms with van der Waals surface area (Å²) in [5, 5.41) is 0.830. The zero-order chi connectivity index (χ0) is 16.7. The Hall–Kier alpha value is -1.66. The van der Waals surface area contributed by atoms with Crippen LogP contribution in [0, 0.1) is 0 Å². The lowest BCUT2D eigenvalue weighted by molar-refractivity contribution is 0.207. The molecule has 0 saturated carbocycles. The Morgan fingerprint density at radius 2 is 1.65 bits per heavy atom. The van der Waals surface area contributed by atoms with E-state index in [1.54, 1.807) is 36.4 Å². The third-order valence-corrected chi connectivity index (χ3v) is 3.58. The number of hydrogen-bond donors (Lipinski definition) is 1. The van der Waals surface area contributed by atoms with Gasteiger partial charge in [-0.25, -0.2) is 0 Å². The van der Waals surface area contributed by atoms with E-state index >= 15 is 0 Å². The van der Waals surface area contributed by atoms with Gasteiger partial charge in [0, 0.05) is 13.2 Å². The highest BCUT2D eigenvalue weighted by atomic mass is 35.5. The Balaban J connectivity index is 2.08. The van der Waals surface area contributed by atoms with Crippen LogP contribution in [0.2, 0.25) is 10.0 Å². The molecule has 0 amide bonds. The van der Waals surface area contributed by atoms with Crippen LogP contribution in [-0.2, 0) is 4.65 Å². The molecule has 4 nitrogen and oxygen atoms in total. The fourth-order valence-corrected chi connectivity index (χ4v) is 2.00. The van der Waals surface area contributed by atoms with E-state index in [1.165, 1.54) is 0 Å². The lowest BCUT2D eigenvalue weighted by Crippen LogP contribution is -2.35. The molecule has 0 unspecified atom stereocenters. The van der Waals surface area contributed by atoms with Crippen LogP contribution in [0.25, 0.3) is 6.08 Å². The van der Waals surface area contributed by atoms with E-state index in [2.05, 4.69) is 6.58 Å². The van der Waals surface area contributed by atoms with E-state index in [-0.39, 0.29) is 6.61 Å². The molecule has 0 aliphatic carbocycles. The number of hydrogen-bond acceptors (Lipinski definition) is 4. The lowest BCUT2D eigenvalue weighted by Gasteiger charge is -2.16. The molecule has 0 atom stereocenters. The Morgan fingerprint density at radius 1 is 1.00 bits per heavy atom. The molecule has 2 N–H and O–H groups in total. The van der Waals surface area contributed by atoms with Gasteiger partial charge >= 0.3 is 7.32 Å². The predicted octanol–water partition coefficient (Wildman–Crippen LogP) is 4.05. The molecule has 0 heterocycles. The fourth-order valence-electron chi connectivity index (χ4n) is 1.71. The van der Waals surface area contributed by atoms with Crippen molar-refractivity contribution >= 4 is 36.6 Å². The van der Waals surface area contributed by atoms with E-state index in [0.717, 1.165) is 5.56 Å². The van der Waals surface area contributed by atoms with Gasteiger partial charge in [-0.1, -0.05) is 48.0 Å². The smallest absolute Gasteiger partial charge is 0.501 e. The van der Waals surface area contributed by atoms with Gasteiger partial charge < -0.3 is 19.7 Å². The van der Waals surface area contributed by atoms with E-state index in [0.29, 0.717) is 28.1 Å². The molecule has 23 heavy (non-hydrogen) atoms. The van der Waals surface area contributed by atoms with Crippen LogP contribution in [0.3, 0.4) is 0 Å². The van der Waals surface area contributed by atoms with Gasteiger partial charge in [-0.05, 0) is 35.9 Å². The summed E-state index contributed by atoms with van der Waals surface area (Å²) in [7, 11) is -0.953. The molecular formula is C16H16BCl2NO3. The van der Waals surface area contributed by atoms with Crippen LogP contribution in [-0.4, -0.2) is 20.5 Å². The largest absolute Gasteiger partial charge is 0.788 e. The van der Waals surface area contributed by atoms with E-state index in [4.69, 9.17) is 42.9 Å². The summed E-state index contributed by atoms with van der Waals surface area (Å²) in [5.74, 6) is 1.07. The van der Waals surface area contributed by atoms with Crippen LogP contribution >= 0.6 is 23.2 Å². The third-order valence-electron chi connectivity index (χ3n) is 2.84. The number of halogens is 2. The van der Waals surface area contributed by atoms with E-state index < -0.39 is 7.32 Å². The molecule has 0 aliphatic heterocycles. The maximum Gasteiger partial charge on any atom is 0.788 e. The minimum absolute atomic E-state index is 0.288. The van der Waals surface area contributed by atoms with Gasteiger partial charge in [0.2, 0.25) is 0 Å². The molecule has 0 saturated heterocycles. The van der Waals surface area contributed by atoms with Crippen molar-refractivity contribution in [2.24, 2.45) is 5.73 Å². The first kappa shape index (κ1) is 17.7. The monoisotopic (exact) mass is 351 g/mol. The molecule has 0 aliphatic rings. The second-order valence-electron chi connectivity index (χ2n) is 4.53. The first-order chi connectivity index (χ1) is 11.1. The van der Waals surface area contributed by atoms with Crippen molar-refractivity contribution in [3.63, 3.8) is 0 Å². The van der Waals surface area contributed by atoms with Gasteiger partial charge in [0.05, 0.1) is 10.0 Å². The molecule has 0 fully saturated rings. The molecule has 2 aromatic rings. The summed E-state index contributed by atoms with van der Waals surface area (Å²) in [5.41, 5.74) is 6.45. The van der Waals surface area contributed by atoms with Gasteiger partial charge in [-0.15, -0.1) is 0 Å². The quantitative estimate of drug-likeness (QED) is 0.729. The average Bonchev–Trinajstić information content (AvgIpc) is 2.56. The van der Waals surface area contributed by atoms with Gasteiger partial charge in [-0.2, -0.15) is 0 Å². The highest BCUT2D eigenvalue weighted by molar-refractivity contribution is 6.42. The first-order valence-electron chi connectivity index (χ1n) is 6.95. The predicted molar refractivity (Wildman–Crippen MR) is 95.0 cm³/mol. The SMILES string of the molecule is C=Cc1ccc(OB(OCCN)Oc2ccc(Cl)c(Cl)c2)cc1. The summed E-state index contributed by atoms with van der Waals surface area (Å²) in [6, 6.07) is 12.3. The molecule has 0 bridgehead atoms. The summed E-state index contributed by atoms with van der Waals surface area (Å²) in [6.45, 7) is 4.34. The highest BCUT2D eigenvalue weighted by Gasteiger charge is 2.27. The highest BCUT2D eigenvalue weighted by Crippen LogP contribution is 2.27. The van der Waals surface area contributed by atoms with Crippen molar-refractivity contribution in [2.75, 3.05) is 13.2 Å². The van der Waals surface area contributed by atoms with Gasteiger partial charge in [0.25, 0.3) is 0 Å². The standard InChI is InChI=1S/C16H16BCl2NO3/c1-2-12-3-5-13(6-4-12)22-17(21-10-9-20)23-14-7-8-15(18)16(19)11-14/h2-8,11H,1,9-10,20H2. The topological polar surface area (TPSA) is 53.7 Å². The van der Waals surface area contributed by atoms with Gasteiger partial charge in [0.15, 0.2) is 0 Å². The molecule has 0 spiro atoms. The number of rotatable bonds is 8. The summed E-state index contributed by atoms with van der Waals surface area (Å²) in [4.78, 5) is 0.